The maximum absolute atomic E-state index is 6.01. The van der Waals surface area contributed by atoms with E-state index in [1.165, 1.54) is 12.8 Å². The molecule has 0 aliphatic heterocycles. The molecule has 1 nitrogen and oxygen atoms in total. The van der Waals surface area contributed by atoms with E-state index in [4.69, 9.17) is 16.3 Å². The van der Waals surface area contributed by atoms with Crippen molar-refractivity contribution in [2.24, 2.45) is 0 Å². The zero-order valence-corrected chi connectivity index (χ0v) is 12.2. The fourth-order valence-electron chi connectivity index (χ4n) is 1.15. The zero-order chi connectivity index (χ0) is 11.1. The van der Waals surface area contributed by atoms with Crippen molar-refractivity contribution in [1.82, 2.24) is 0 Å². The van der Waals surface area contributed by atoms with Gasteiger partial charge in [-0.3, -0.25) is 0 Å². The Kier molecular flexibility index (Phi) is 6.69. The Morgan fingerprint density at radius 3 is 2.67 bits per heavy atom. The normalized spacial score (nSPS) is 10.3. The van der Waals surface area contributed by atoms with Gasteiger partial charge in [-0.2, -0.15) is 0 Å². The molecule has 0 bridgehead atoms. The van der Waals surface area contributed by atoms with Crippen LogP contribution >= 0.6 is 43.5 Å². The minimum absolute atomic E-state index is 0.657. The molecule has 0 radical (unpaired) electrons. The minimum Gasteiger partial charge on any atom is -0.492 e. The van der Waals surface area contributed by atoms with Gasteiger partial charge >= 0.3 is 0 Å². The number of alkyl halides is 1. The highest BCUT2D eigenvalue weighted by Crippen LogP contribution is 2.27. The summed E-state index contributed by atoms with van der Waals surface area (Å²) in [6.45, 7) is 0.731. The molecule has 0 aliphatic carbocycles. The summed E-state index contributed by atoms with van der Waals surface area (Å²) in [5, 5.41) is 1.72. The Morgan fingerprint density at radius 2 is 2.00 bits per heavy atom. The van der Waals surface area contributed by atoms with Gasteiger partial charge in [0, 0.05) is 9.80 Å². The van der Waals surface area contributed by atoms with Gasteiger partial charge in [-0.1, -0.05) is 43.5 Å². The molecular formula is C11H13Br2ClO. The first kappa shape index (κ1) is 13.3. The number of ether oxygens (including phenoxy) is 1. The lowest BCUT2D eigenvalue weighted by molar-refractivity contribution is 0.306. The molecule has 0 spiro atoms. The smallest absolute Gasteiger partial charge is 0.137 e. The van der Waals surface area contributed by atoms with Gasteiger partial charge in [-0.15, -0.1) is 0 Å². The van der Waals surface area contributed by atoms with Crippen LogP contribution in [0.4, 0.5) is 0 Å². The molecule has 0 unspecified atom stereocenters. The van der Waals surface area contributed by atoms with E-state index in [0.29, 0.717) is 5.02 Å². The van der Waals surface area contributed by atoms with Gasteiger partial charge in [0.15, 0.2) is 0 Å². The van der Waals surface area contributed by atoms with Gasteiger partial charge < -0.3 is 4.74 Å². The van der Waals surface area contributed by atoms with Crippen molar-refractivity contribution in [3.63, 3.8) is 0 Å². The summed E-state index contributed by atoms with van der Waals surface area (Å²) in [6.07, 6.45) is 3.44. The van der Waals surface area contributed by atoms with Gasteiger partial charge in [0.05, 0.1) is 11.6 Å². The Hall–Kier alpha value is 0.270. The predicted molar refractivity (Wildman–Crippen MR) is 72.3 cm³/mol. The minimum atomic E-state index is 0.657. The van der Waals surface area contributed by atoms with Crippen molar-refractivity contribution in [3.05, 3.63) is 27.7 Å². The van der Waals surface area contributed by atoms with Crippen LogP contribution in [0.15, 0.2) is 22.7 Å². The Balaban J connectivity index is 2.31. The molecular weight excluding hydrogens is 343 g/mol. The summed E-state index contributed by atoms with van der Waals surface area (Å²) in [6, 6.07) is 5.66. The van der Waals surface area contributed by atoms with E-state index in [2.05, 4.69) is 31.9 Å². The van der Waals surface area contributed by atoms with E-state index in [9.17, 15) is 0 Å². The van der Waals surface area contributed by atoms with Crippen molar-refractivity contribution in [2.45, 2.75) is 19.3 Å². The number of halogens is 3. The fourth-order valence-corrected chi connectivity index (χ4v) is 2.27. The van der Waals surface area contributed by atoms with Crippen molar-refractivity contribution in [2.75, 3.05) is 11.9 Å². The molecule has 84 valence electrons. The standard InChI is InChI=1S/C11H13Br2ClO/c12-6-2-1-3-7-15-11-5-4-9(13)8-10(11)14/h4-5,8H,1-3,6-7H2. The Bertz CT molecular complexity index is 305. The number of rotatable bonds is 6. The van der Waals surface area contributed by atoms with E-state index in [-0.39, 0.29) is 0 Å². The second-order valence-electron chi connectivity index (χ2n) is 3.17. The van der Waals surface area contributed by atoms with Crippen molar-refractivity contribution >= 4 is 43.5 Å². The maximum atomic E-state index is 6.01. The molecule has 0 fully saturated rings. The monoisotopic (exact) mass is 354 g/mol. The SMILES string of the molecule is Clc1cc(Br)ccc1OCCCCCBr. The molecule has 0 heterocycles. The lowest BCUT2D eigenvalue weighted by Gasteiger charge is -2.07. The summed E-state index contributed by atoms with van der Waals surface area (Å²) in [7, 11) is 0. The van der Waals surface area contributed by atoms with E-state index in [0.717, 1.165) is 28.6 Å². The highest BCUT2D eigenvalue weighted by Gasteiger charge is 2.01. The molecule has 0 saturated carbocycles. The average Bonchev–Trinajstić information content (AvgIpc) is 2.20. The molecule has 0 aromatic heterocycles. The average molecular weight is 356 g/mol. The van der Waals surface area contributed by atoms with Crippen LogP contribution in [-0.4, -0.2) is 11.9 Å². The zero-order valence-electron chi connectivity index (χ0n) is 8.31. The van der Waals surface area contributed by atoms with Gasteiger partial charge in [0.25, 0.3) is 0 Å². The van der Waals surface area contributed by atoms with Crippen molar-refractivity contribution in [1.29, 1.82) is 0 Å². The van der Waals surface area contributed by atoms with Gasteiger partial charge in [0.1, 0.15) is 5.75 Å². The summed E-state index contributed by atoms with van der Waals surface area (Å²) in [5.41, 5.74) is 0. The van der Waals surface area contributed by atoms with Crippen LogP contribution in [0.3, 0.4) is 0 Å². The number of benzene rings is 1. The second-order valence-corrected chi connectivity index (χ2v) is 5.29. The number of hydrogen-bond donors (Lipinski definition) is 0. The predicted octanol–water partition coefficient (Wildman–Crippen LogP) is 5.05. The Morgan fingerprint density at radius 1 is 1.20 bits per heavy atom. The van der Waals surface area contributed by atoms with Gasteiger partial charge in [-0.05, 0) is 37.5 Å². The summed E-state index contributed by atoms with van der Waals surface area (Å²) in [4.78, 5) is 0. The van der Waals surface area contributed by atoms with Crippen LogP contribution in [-0.2, 0) is 0 Å². The summed E-state index contributed by atoms with van der Waals surface area (Å²) in [5.74, 6) is 0.763. The largest absolute Gasteiger partial charge is 0.492 e. The molecule has 1 rings (SSSR count). The molecule has 1 aromatic carbocycles. The molecule has 0 N–H and O–H groups in total. The fraction of sp³-hybridized carbons (Fsp3) is 0.455. The van der Waals surface area contributed by atoms with Crippen molar-refractivity contribution < 1.29 is 4.74 Å². The maximum Gasteiger partial charge on any atom is 0.137 e. The molecule has 0 amide bonds. The van der Waals surface area contributed by atoms with Crippen LogP contribution in [0, 0.1) is 0 Å². The van der Waals surface area contributed by atoms with Crippen LogP contribution in [0.2, 0.25) is 5.02 Å². The third-order valence-corrected chi connectivity index (χ3v) is 3.28. The molecule has 0 aliphatic rings. The first-order valence-corrected chi connectivity index (χ1v) is 7.17. The molecule has 1 aromatic rings. The summed E-state index contributed by atoms with van der Waals surface area (Å²) >= 11 is 12.8. The van der Waals surface area contributed by atoms with Crippen molar-refractivity contribution in [3.8, 4) is 5.75 Å². The third kappa shape index (κ3) is 5.23. The molecule has 0 atom stereocenters. The first-order valence-electron chi connectivity index (χ1n) is 4.88. The van der Waals surface area contributed by atoms with Crippen LogP contribution < -0.4 is 4.74 Å². The Labute approximate surface area is 112 Å². The van der Waals surface area contributed by atoms with Gasteiger partial charge in [0.2, 0.25) is 0 Å². The quantitative estimate of drug-likeness (QED) is 0.512. The van der Waals surface area contributed by atoms with Crippen LogP contribution in [0.25, 0.3) is 0 Å². The number of hydrogen-bond acceptors (Lipinski definition) is 1. The highest BCUT2D eigenvalue weighted by molar-refractivity contribution is 9.10. The van der Waals surface area contributed by atoms with E-state index in [1.807, 2.05) is 18.2 Å². The highest BCUT2D eigenvalue weighted by atomic mass is 79.9. The lowest BCUT2D eigenvalue weighted by Crippen LogP contribution is -1.97. The number of unbranched alkanes of at least 4 members (excludes halogenated alkanes) is 2. The van der Waals surface area contributed by atoms with E-state index >= 15 is 0 Å². The first-order chi connectivity index (χ1) is 7.24. The van der Waals surface area contributed by atoms with Crippen LogP contribution in [0.5, 0.6) is 5.75 Å². The summed E-state index contributed by atoms with van der Waals surface area (Å²) < 4.78 is 6.54. The van der Waals surface area contributed by atoms with E-state index < -0.39 is 0 Å². The van der Waals surface area contributed by atoms with Gasteiger partial charge in [-0.25, -0.2) is 0 Å². The van der Waals surface area contributed by atoms with Crippen LogP contribution in [0.1, 0.15) is 19.3 Å². The molecule has 4 heteroatoms. The topological polar surface area (TPSA) is 9.23 Å². The lowest BCUT2D eigenvalue weighted by atomic mass is 10.3. The van der Waals surface area contributed by atoms with E-state index in [1.54, 1.807) is 0 Å². The second kappa shape index (κ2) is 7.53. The molecule has 15 heavy (non-hydrogen) atoms. The molecule has 0 saturated heterocycles. The third-order valence-electron chi connectivity index (χ3n) is 1.93.